The van der Waals surface area contributed by atoms with Crippen LogP contribution in [-0.2, 0) is 6.42 Å². The molecule has 0 saturated heterocycles. The van der Waals surface area contributed by atoms with Gasteiger partial charge in [-0.2, -0.15) is 0 Å². The van der Waals surface area contributed by atoms with Crippen molar-refractivity contribution in [2.24, 2.45) is 0 Å². The Kier molecular flexibility index (Phi) is 5.81. The zero-order valence-electron chi connectivity index (χ0n) is 20.0. The second kappa shape index (κ2) is 9.07. The molecular formula is C32H30N2. The molecule has 0 spiro atoms. The van der Waals surface area contributed by atoms with E-state index in [1.807, 2.05) is 12.2 Å². The Bertz CT molecular complexity index is 1540. The molecule has 0 saturated carbocycles. The van der Waals surface area contributed by atoms with Crippen molar-refractivity contribution >= 4 is 40.0 Å². The van der Waals surface area contributed by atoms with Crippen LogP contribution >= 0.6 is 0 Å². The highest BCUT2D eigenvalue weighted by atomic mass is 15.0. The lowest BCUT2D eigenvalue weighted by molar-refractivity contribution is 0.838. The van der Waals surface area contributed by atoms with E-state index in [0.29, 0.717) is 0 Å². The van der Waals surface area contributed by atoms with Gasteiger partial charge in [0.2, 0.25) is 0 Å². The summed E-state index contributed by atoms with van der Waals surface area (Å²) >= 11 is 0. The number of hydrogen-bond acceptors (Lipinski definition) is 0. The third-order valence-electron chi connectivity index (χ3n) is 6.54. The van der Waals surface area contributed by atoms with E-state index >= 15 is 0 Å². The van der Waals surface area contributed by atoms with Crippen molar-refractivity contribution in [2.45, 2.75) is 26.7 Å². The summed E-state index contributed by atoms with van der Waals surface area (Å²) in [6, 6.07) is 26.1. The molecule has 0 aliphatic heterocycles. The van der Waals surface area contributed by atoms with Crippen LogP contribution in [0.1, 0.15) is 42.8 Å². The van der Waals surface area contributed by atoms with Gasteiger partial charge in [-0.3, -0.25) is 0 Å². The Morgan fingerprint density at radius 3 is 2.15 bits per heavy atom. The maximum Gasteiger partial charge on any atom is 0.0542 e. The number of hydrogen-bond donors (Lipinski definition) is 0. The molecule has 0 atom stereocenters. The van der Waals surface area contributed by atoms with E-state index < -0.39 is 0 Å². The van der Waals surface area contributed by atoms with Gasteiger partial charge in [-0.25, -0.2) is 0 Å². The lowest BCUT2D eigenvalue weighted by atomic mass is 10.1. The fourth-order valence-electron chi connectivity index (χ4n) is 5.18. The van der Waals surface area contributed by atoms with E-state index in [1.165, 1.54) is 38.8 Å². The van der Waals surface area contributed by atoms with E-state index in [1.54, 1.807) is 0 Å². The van der Waals surface area contributed by atoms with Crippen molar-refractivity contribution in [3.05, 3.63) is 115 Å². The molecule has 5 rings (SSSR count). The van der Waals surface area contributed by atoms with Crippen LogP contribution in [0, 0.1) is 0 Å². The minimum Gasteiger partial charge on any atom is -0.313 e. The largest absolute Gasteiger partial charge is 0.313 e. The van der Waals surface area contributed by atoms with Crippen molar-refractivity contribution in [3.8, 4) is 11.4 Å². The van der Waals surface area contributed by atoms with Crippen molar-refractivity contribution in [1.82, 2.24) is 9.13 Å². The van der Waals surface area contributed by atoms with Crippen LogP contribution in [0.15, 0.2) is 92.0 Å². The number of allylic oxidation sites excluding steroid dienone is 1. The topological polar surface area (TPSA) is 9.86 Å². The molecule has 2 aromatic heterocycles. The molecule has 0 fully saturated rings. The molecule has 5 aromatic rings. The van der Waals surface area contributed by atoms with Gasteiger partial charge in [0, 0.05) is 39.0 Å². The summed E-state index contributed by atoms with van der Waals surface area (Å²) in [6.07, 6.45) is 10.3. The van der Waals surface area contributed by atoms with E-state index in [-0.39, 0.29) is 0 Å². The number of nitrogens with zero attached hydrogens (tertiary/aromatic N) is 2. The van der Waals surface area contributed by atoms with Gasteiger partial charge >= 0.3 is 0 Å². The first-order chi connectivity index (χ1) is 16.7. The molecule has 0 aliphatic rings. The normalized spacial score (nSPS) is 11.6. The number of fused-ring (bicyclic) bond motifs is 3. The number of benzene rings is 3. The second-order valence-corrected chi connectivity index (χ2v) is 8.54. The van der Waals surface area contributed by atoms with Crippen LogP contribution in [0.2, 0.25) is 0 Å². The zero-order valence-corrected chi connectivity index (χ0v) is 20.0. The molecule has 0 aliphatic carbocycles. The zero-order chi connectivity index (χ0) is 23.7. The summed E-state index contributed by atoms with van der Waals surface area (Å²) in [5, 5.41) is 2.51. The summed E-state index contributed by atoms with van der Waals surface area (Å²) < 4.78 is 4.75. The Morgan fingerprint density at radius 2 is 1.44 bits per heavy atom. The molecule has 168 valence electrons. The van der Waals surface area contributed by atoms with Gasteiger partial charge in [0.15, 0.2) is 0 Å². The minimum atomic E-state index is 0.976. The first-order valence-corrected chi connectivity index (χ1v) is 12.0. The highest BCUT2D eigenvalue weighted by molar-refractivity contribution is 6.10. The van der Waals surface area contributed by atoms with Crippen LogP contribution in [0.3, 0.4) is 0 Å². The van der Waals surface area contributed by atoms with Gasteiger partial charge in [-0.1, -0.05) is 81.1 Å². The number of para-hydroxylation sites is 2. The summed E-state index contributed by atoms with van der Waals surface area (Å²) in [5.74, 6) is 0. The predicted molar refractivity (Wildman–Crippen MR) is 149 cm³/mol. The SMILES string of the molecule is C=Cc1c(C=C)c(CCC)n(-c2ccc3c(c2)c2ccccc2n3-c2ccccc2)c1/C=C\C. The third-order valence-corrected chi connectivity index (χ3v) is 6.54. The van der Waals surface area contributed by atoms with Crippen molar-refractivity contribution in [1.29, 1.82) is 0 Å². The van der Waals surface area contributed by atoms with Crippen LogP contribution in [0.4, 0.5) is 0 Å². The third kappa shape index (κ3) is 3.34. The van der Waals surface area contributed by atoms with E-state index in [4.69, 9.17) is 0 Å². The Morgan fingerprint density at radius 1 is 0.735 bits per heavy atom. The highest BCUT2D eigenvalue weighted by Crippen LogP contribution is 2.36. The van der Waals surface area contributed by atoms with Crippen molar-refractivity contribution < 1.29 is 0 Å². The van der Waals surface area contributed by atoms with Gasteiger partial charge in [0.05, 0.1) is 16.7 Å². The maximum absolute atomic E-state index is 4.13. The average molecular weight is 443 g/mol. The molecular weight excluding hydrogens is 412 g/mol. The molecule has 2 nitrogen and oxygen atoms in total. The van der Waals surface area contributed by atoms with Gasteiger partial charge in [-0.15, -0.1) is 0 Å². The fraction of sp³-hybridized carbons (Fsp3) is 0.125. The molecule has 34 heavy (non-hydrogen) atoms. The highest BCUT2D eigenvalue weighted by Gasteiger charge is 2.20. The number of aromatic nitrogens is 2. The molecule has 0 bridgehead atoms. The van der Waals surface area contributed by atoms with Crippen molar-refractivity contribution in [3.63, 3.8) is 0 Å². The standard InChI is InChI=1S/C32H30N2/c1-5-14-29-25(7-3)26(8-4)30(15-6-2)34(29)24-20-21-32-28(22-24)27-18-12-13-19-31(27)33(32)23-16-10-9-11-17-23/h5,7-14,16-22H,3-4,6,15H2,1-2H3/b14-5-. The smallest absolute Gasteiger partial charge is 0.0542 e. The predicted octanol–water partition coefficient (Wildman–Crippen LogP) is 8.85. The summed E-state index contributed by atoms with van der Waals surface area (Å²) in [4.78, 5) is 0. The van der Waals surface area contributed by atoms with Crippen LogP contribution in [0.5, 0.6) is 0 Å². The summed E-state index contributed by atoms with van der Waals surface area (Å²) in [5.41, 5.74) is 9.52. The monoisotopic (exact) mass is 442 g/mol. The molecule has 0 N–H and O–H groups in total. The van der Waals surface area contributed by atoms with E-state index in [0.717, 1.165) is 29.8 Å². The Labute approximate surface area is 201 Å². The fourth-order valence-corrected chi connectivity index (χ4v) is 5.18. The van der Waals surface area contributed by atoms with Crippen LogP contribution in [0.25, 0.3) is 51.4 Å². The molecule has 3 aromatic carbocycles. The maximum atomic E-state index is 4.13. The molecule has 0 unspecified atom stereocenters. The second-order valence-electron chi connectivity index (χ2n) is 8.54. The minimum absolute atomic E-state index is 0.976. The summed E-state index contributed by atoms with van der Waals surface area (Å²) in [7, 11) is 0. The van der Waals surface area contributed by atoms with E-state index in [2.05, 4.69) is 121 Å². The Hall–Kier alpha value is -4.04. The molecule has 0 amide bonds. The first kappa shape index (κ1) is 21.8. The summed E-state index contributed by atoms with van der Waals surface area (Å²) in [6.45, 7) is 12.5. The average Bonchev–Trinajstić information content (AvgIpc) is 3.36. The van der Waals surface area contributed by atoms with Gasteiger partial charge in [0.25, 0.3) is 0 Å². The Balaban J connectivity index is 1.86. The molecule has 0 radical (unpaired) electrons. The lowest BCUT2D eigenvalue weighted by Crippen LogP contribution is -2.03. The van der Waals surface area contributed by atoms with Crippen LogP contribution < -0.4 is 0 Å². The first-order valence-electron chi connectivity index (χ1n) is 12.0. The molecule has 2 heterocycles. The number of rotatable bonds is 7. The van der Waals surface area contributed by atoms with Crippen LogP contribution in [-0.4, -0.2) is 9.13 Å². The lowest BCUT2D eigenvalue weighted by Gasteiger charge is -2.14. The van der Waals surface area contributed by atoms with Gasteiger partial charge in [0.1, 0.15) is 0 Å². The van der Waals surface area contributed by atoms with Gasteiger partial charge < -0.3 is 9.13 Å². The quantitative estimate of drug-likeness (QED) is 0.238. The van der Waals surface area contributed by atoms with Crippen molar-refractivity contribution in [2.75, 3.05) is 0 Å². The van der Waals surface area contributed by atoms with E-state index in [9.17, 15) is 0 Å². The van der Waals surface area contributed by atoms with Gasteiger partial charge in [-0.05, 0) is 55.8 Å². The molecule has 2 heteroatoms.